The van der Waals surface area contributed by atoms with Crippen molar-refractivity contribution < 1.29 is 8.42 Å². The van der Waals surface area contributed by atoms with Crippen molar-refractivity contribution in [1.82, 2.24) is 9.55 Å². The second-order valence-corrected chi connectivity index (χ2v) is 6.63. The van der Waals surface area contributed by atoms with Crippen molar-refractivity contribution in [2.45, 2.75) is 38.2 Å². The van der Waals surface area contributed by atoms with Crippen LogP contribution in [-0.4, -0.2) is 18.0 Å². The molecule has 5 heteroatoms. The number of aryl methyl sites for hydroxylation is 3. The summed E-state index contributed by atoms with van der Waals surface area (Å²) in [6.07, 6.45) is 3.21. The van der Waals surface area contributed by atoms with Gasteiger partial charge in [0.2, 0.25) is 15.0 Å². The van der Waals surface area contributed by atoms with Crippen molar-refractivity contribution in [3.63, 3.8) is 0 Å². The average Bonchev–Trinajstić information content (AvgIpc) is 2.75. The molecule has 1 heterocycles. The van der Waals surface area contributed by atoms with Gasteiger partial charge < -0.3 is 4.57 Å². The third-order valence-corrected chi connectivity index (χ3v) is 4.54. The van der Waals surface area contributed by atoms with E-state index in [1.807, 2.05) is 39.0 Å². The van der Waals surface area contributed by atoms with Crippen LogP contribution in [0.4, 0.5) is 0 Å². The first-order valence-electron chi connectivity index (χ1n) is 6.23. The number of imidazole rings is 1. The first-order chi connectivity index (χ1) is 8.92. The van der Waals surface area contributed by atoms with Gasteiger partial charge in [0.1, 0.15) is 0 Å². The molecule has 19 heavy (non-hydrogen) atoms. The molecule has 2 aromatic rings. The monoisotopic (exact) mass is 278 g/mol. The summed E-state index contributed by atoms with van der Waals surface area (Å²) in [5.41, 5.74) is 2.95. The minimum atomic E-state index is -3.39. The zero-order valence-electron chi connectivity index (χ0n) is 11.4. The van der Waals surface area contributed by atoms with Gasteiger partial charge in [0.25, 0.3) is 0 Å². The van der Waals surface area contributed by atoms with Crippen LogP contribution in [0, 0.1) is 13.8 Å². The topological polar surface area (TPSA) is 52.0 Å². The fourth-order valence-electron chi connectivity index (χ4n) is 2.25. The Morgan fingerprint density at radius 2 is 1.79 bits per heavy atom. The molecule has 1 aromatic carbocycles. The van der Waals surface area contributed by atoms with E-state index < -0.39 is 9.84 Å². The molecule has 0 unspecified atom stereocenters. The zero-order valence-corrected chi connectivity index (χ0v) is 12.2. The van der Waals surface area contributed by atoms with Gasteiger partial charge in [0.05, 0.1) is 5.75 Å². The van der Waals surface area contributed by atoms with Crippen molar-refractivity contribution in [3.05, 3.63) is 47.3 Å². The summed E-state index contributed by atoms with van der Waals surface area (Å²) in [6, 6.07) is 5.84. The van der Waals surface area contributed by atoms with Crippen molar-refractivity contribution in [2.75, 3.05) is 0 Å². The lowest BCUT2D eigenvalue weighted by Crippen LogP contribution is -2.12. The van der Waals surface area contributed by atoms with Gasteiger partial charge >= 0.3 is 0 Å². The lowest BCUT2D eigenvalue weighted by Gasteiger charge is -2.08. The molecule has 0 amide bonds. The van der Waals surface area contributed by atoms with Crippen LogP contribution in [0.2, 0.25) is 0 Å². The molecule has 102 valence electrons. The van der Waals surface area contributed by atoms with Gasteiger partial charge in [-0.1, -0.05) is 29.3 Å². The molecule has 0 saturated carbocycles. The van der Waals surface area contributed by atoms with Crippen molar-refractivity contribution in [1.29, 1.82) is 0 Å². The molecule has 0 bridgehead atoms. The molecule has 4 nitrogen and oxygen atoms in total. The van der Waals surface area contributed by atoms with E-state index in [-0.39, 0.29) is 10.9 Å². The van der Waals surface area contributed by atoms with Gasteiger partial charge in [0.15, 0.2) is 0 Å². The van der Waals surface area contributed by atoms with Crippen molar-refractivity contribution in [3.8, 4) is 0 Å². The van der Waals surface area contributed by atoms with E-state index in [9.17, 15) is 8.42 Å². The lowest BCUT2D eigenvalue weighted by molar-refractivity contribution is 0.568. The van der Waals surface area contributed by atoms with Gasteiger partial charge in [-0.3, -0.25) is 0 Å². The number of rotatable bonds is 4. The Hall–Kier alpha value is -1.62. The Morgan fingerprint density at radius 3 is 2.37 bits per heavy atom. The molecule has 0 atom stereocenters. The number of hydrogen-bond acceptors (Lipinski definition) is 3. The molecule has 0 saturated heterocycles. The standard InChI is InChI=1S/C14H18N2O2S/c1-4-16-6-5-15-14(16)19(17,18)10-13-8-11(2)7-12(3)9-13/h5-9H,4,10H2,1-3H3. The smallest absolute Gasteiger partial charge is 0.227 e. The predicted octanol–water partition coefficient (Wildman–Crippen LogP) is 2.49. The first-order valence-corrected chi connectivity index (χ1v) is 7.88. The van der Waals surface area contributed by atoms with E-state index in [2.05, 4.69) is 4.98 Å². The maximum absolute atomic E-state index is 12.4. The number of aromatic nitrogens is 2. The van der Waals surface area contributed by atoms with E-state index in [0.29, 0.717) is 6.54 Å². The highest BCUT2D eigenvalue weighted by Gasteiger charge is 2.20. The first kappa shape index (κ1) is 13.8. The molecular formula is C14H18N2O2S. The van der Waals surface area contributed by atoms with Crippen LogP contribution >= 0.6 is 0 Å². The van der Waals surface area contributed by atoms with Gasteiger partial charge in [0, 0.05) is 18.9 Å². The normalized spacial score (nSPS) is 11.7. The Labute approximate surface area is 114 Å². The lowest BCUT2D eigenvalue weighted by atomic mass is 10.1. The highest BCUT2D eigenvalue weighted by molar-refractivity contribution is 7.90. The van der Waals surface area contributed by atoms with Gasteiger partial charge in [-0.25, -0.2) is 13.4 Å². The number of benzene rings is 1. The van der Waals surface area contributed by atoms with Crippen LogP contribution in [0.3, 0.4) is 0 Å². The van der Waals surface area contributed by atoms with E-state index in [0.717, 1.165) is 16.7 Å². The molecule has 0 spiro atoms. The van der Waals surface area contributed by atoms with E-state index >= 15 is 0 Å². The molecule has 0 aliphatic heterocycles. The Morgan fingerprint density at radius 1 is 1.16 bits per heavy atom. The summed E-state index contributed by atoms with van der Waals surface area (Å²) < 4.78 is 26.4. The maximum Gasteiger partial charge on any atom is 0.227 e. The van der Waals surface area contributed by atoms with Gasteiger partial charge in [-0.15, -0.1) is 0 Å². The molecule has 0 aliphatic rings. The quantitative estimate of drug-likeness (QED) is 0.863. The SMILES string of the molecule is CCn1ccnc1S(=O)(=O)Cc1cc(C)cc(C)c1. The molecule has 0 radical (unpaired) electrons. The number of nitrogens with zero attached hydrogens (tertiary/aromatic N) is 2. The molecule has 2 rings (SSSR count). The van der Waals surface area contributed by atoms with Crippen molar-refractivity contribution >= 4 is 9.84 Å². The van der Waals surface area contributed by atoms with E-state index in [4.69, 9.17) is 0 Å². The number of hydrogen-bond donors (Lipinski definition) is 0. The minimum Gasteiger partial charge on any atom is -0.322 e. The van der Waals surface area contributed by atoms with Crippen LogP contribution in [0.25, 0.3) is 0 Å². The number of sulfone groups is 1. The Bertz CT molecular complexity index is 667. The largest absolute Gasteiger partial charge is 0.322 e. The van der Waals surface area contributed by atoms with Gasteiger partial charge in [-0.05, 0) is 26.3 Å². The second-order valence-electron chi connectivity index (χ2n) is 4.75. The summed E-state index contributed by atoms with van der Waals surface area (Å²) in [6.45, 7) is 6.44. The predicted molar refractivity (Wildman–Crippen MR) is 74.7 cm³/mol. The molecule has 0 aliphatic carbocycles. The van der Waals surface area contributed by atoms with Crippen LogP contribution in [0.15, 0.2) is 35.7 Å². The molecule has 1 aromatic heterocycles. The third-order valence-electron chi connectivity index (χ3n) is 2.93. The third kappa shape index (κ3) is 3.04. The van der Waals surface area contributed by atoms with E-state index in [1.165, 1.54) is 6.20 Å². The van der Waals surface area contributed by atoms with Crippen LogP contribution in [-0.2, 0) is 22.1 Å². The maximum atomic E-state index is 12.4. The summed E-state index contributed by atoms with van der Waals surface area (Å²) in [7, 11) is -3.39. The molecule has 0 N–H and O–H groups in total. The average molecular weight is 278 g/mol. The summed E-state index contributed by atoms with van der Waals surface area (Å²) in [5, 5.41) is 0.147. The fourth-order valence-corrected chi connectivity index (χ4v) is 3.75. The summed E-state index contributed by atoms with van der Waals surface area (Å²) >= 11 is 0. The van der Waals surface area contributed by atoms with E-state index in [1.54, 1.807) is 10.8 Å². The fraction of sp³-hybridized carbons (Fsp3) is 0.357. The Kier molecular flexibility index (Phi) is 3.75. The molecule has 0 fully saturated rings. The highest BCUT2D eigenvalue weighted by Crippen LogP contribution is 2.17. The van der Waals surface area contributed by atoms with Gasteiger partial charge in [-0.2, -0.15) is 0 Å². The molecular weight excluding hydrogens is 260 g/mol. The highest BCUT2D eigenvalue weighted by atomic mass is 32.2. The van der Waals surface area contributed by atoms with Crippen LogP contribution < -0.4 is 0 Å². The summed E-state index contributed by atoms with van der Waals surface area (Å²) in [4.78, 5) is 3.97. The summed E-state index contributed by atoms with van der Waals surface area (Å²) in [5.74, 6) is -0.00741. The second kappa shape index (κ2) is 5.17. The Balaban J connectivity index is 2.36. The van der Waals surface area contributed by atoms with Crippen LogP contribution in [0.5, 0.6) is 0 Å². The van der Waals surface area contributed by atoms with Crippen LogP contribution in [0.1, 0.15) is 23.6 Å². The zero-order chi connectivity index (χ0) is 14.0. The minimum absolute atomic E-state index is 0.00741. The van der Waals surface area contributed by atoms with Crippen molar-refractivity contribution in [2.24, 2.45) is 0 Å².